The molecule has 3 aromatic carbocycles. The second-order valence-corrected chi connectivity index (χ2v) is 7.38. The van der Waals surface area contributed by atoms with Crippen LogP contribution in [0.25, 0.3) is 0 Å². The van der Waals surface area contributed by atoms with Crippen LogP contribution in [0.15, 0.2) is 65.7 Å². The highest BCUT2D eigenvalue weighted by Crippen LogP contribution is 2.41. The van der Waals surface area contributed by atoms with Crippen molar-refractivity contribution >= 4 is 45.9 Å². The molecule has 0 aliphatic carbocycles. The number of nitro benzene ring substituents is 3. The number of halogens is 1. The van der Waals surface area contributed by atoms with Crippen LogP contribution in [0.3, 0.4) is 0 Å². The molecule has 3 rings (SSSR count). The summed E-state index contributed by atoms with van der Waals surface area (Å²) in [6.07, 6.45) is 0. The molecule has 0 spiro atoms. The molecular weight excluding hydrogens is 454 g/mol. The van der Waals surface area contributed by atoms with Crippen LogP contribution in [-0.2, 0) is 0 Å². The van der Waals surface area contributed by atoms with Crippen LogP contribution in [0.2, 0.25) is 5.02 Å². The number of anilines is 1. The maximum Gasteiger partial charge on any atom is 0.306 e. The number of hydrogen-bond donors (Lipinski definition) is 0. The van der Waals surface area contributed by atoms with E-state index in [1.54, 1.807) is 36.4 Å². The van der Waals surface area contributed by atoms with Crippen LogP contribution in [0.5, 0.6) is 0 Å². The van der Waals surface area contributed by atoms with Crippen molar-refractivity contribution in [3.63, 3.8) is 0 Å². The largest absolute Gasteiger partial charge is 0.318 e. The van der Waals surface area contributed by atoms with Crippen molar-refractivity contribution in [1.29, 1.82) is 0 Å². The highest BCUT2D eigenvalue weighted by atomic mass is 35.5. The minimum absolute atomic E-state index is 0.135. The number of non-ortho nitro benzene ring substituents is 1. The second kappa shape index (κ2) is 9.40. The smallest absolute Gasteiger partial charge is 0.306 e. The molecule has 0 bridgehead atoms. The molecular formula is C21H16ClN5O6. The van der Waals surface area contributed by atoms with Gasteiger partial charge in [-0.05, 0) is 43.3 Å². The molecule has 0 aromatic heterocycles. The van der Waals surface area contributed by atoms with Gasteiger partial charge in [-0.1, -0.05) is 29.3 Å². The topological polar surface area (TPSA) is 145 Å². The first kappa shape index (κ1) is 23.3. The van der Waals surface area contributed by atoms with Crippen LogP contribution in [0.1, 0.15) is 11.1 Å². The van der Waals surface area contributed by atoms with E-state index in [-0.39, 0.29) is 5.84 Å². The molecule has 33 heavy (non-hydrogen) atoms. The van der Waals surface area contributed by atoms with E-state index in [1.165, 1.54) is 11.9 Å². The number of nitrogens with zero attached hydrogens (tertiary/aromatic N) is 5. The standard InChI is InChI=1S/C21H16ClN5O6/c1-13-3-9-16(10-4-13)23-21(14-5-7-15(22)8-6-14)24(2)20-18(26(30)31)11-17(25(28)29)12-19(20)27(32)33/h3-12H,1-2H3. The summed E-state index contributed by atoms with van der Waals surface area (Å²) >= 11 is 5.98. The fourth-order valence-corrected chi connectivity index (χ4v) is 3.22. The zero-order valence-electron chi connectivity index (χ0n) is 17.3. The number of benzene rings is 3. The number of aryl methyl sites for hydroxylation is 1. The Balaban J connectivity index is 2.30. The quantitative estimate of drug-likeness (QED) is 0.198. The van der Waals surface area contributed by atoms with Crippen LogP contribution < -0.4 is 4.90 Å². The van der Waals surface area contributed by atoms with Gasteiger partial charge in [-0.25, -0.2) is 4.99 Å². The first-order valence-corrected chi connectivity index (χ1v) is 9.72. The van der Waals surface area contributed by atoms with E-state index >= 15 is 0 Å². The average molecular weight is 470 g/mol. The van der Waals surface area contributed by atoms with Gasteiger partial charge >= 0.3 is 11.4 Å². The van der Waals surface area contributed by atoms with Crippen molar-refractivity contribution in [2.45, 2.75) is 6.92 Å². The average Bonchev–Trinajstić information content (AvgIpc) is 2.78. The minimum atomic E-state index is -0.926. The highest BCUT2D eigenvalue weighted by Gasteiger charge is 2.34. The van der Waals surface area contributed by atoms with Crippen molar-refractivity contribution in [1.82, 2.24) is 0 Å². The Morgan fingerprint density at radius 2 is 1.36 bits per heavy atom. The van der Waals surface area contributed by atoms with Crippen LogP contribution in [-0.4, -0.2) is 27.7 Å². The van der Waals surface area contributed by atoms with E-state index in [4.69, 9.17) is 11.6 Å². The van der Waals surface area contributed by atoms with E-state index in [0.717, 1.165) is 5.56 Å². The molecule has 11 nitrogen and oxygen atoms in total. The third kappa shape index (κ3) is 5.10. The fraction of sp³-hybridized carbons (Fsp3) is 0.0952. The Bertz CT molecular complexity index is 1240. The molecule has 3 aromatic rings. The lowest BCUT2D eigenvalue weighted by atomic mass is 10.1. The van der Waals surface area contributed by atoms with Gasteiger partial charge in [0.2, 0.25) is 5.69 Å². The van der Waals surface area contributed by atoms with E-state index in [1.807, 2.05) is 19.1 Å². The number of amidine groups is 1. The molecule has 168 valence electrons. The Morgan fingerprint density at radius 3 is 1.82 bits per heavy atom. The van der Waals surface area contributed by atoms with Gasteiger partial charge in [-0.15, -0.1) is 0 Å². The third-order valence-electron chi connectivity index (χ3n) is 4.68. The molecule has 0 unspecified atom stereocenters. The number of rotatable bonds is 6. The van der Waals surface area contributed by atoms with Gasteiger partial charge in [0.15, 0.2) is 0 Å². The molecule has 0 aliphatic heterocycles. The maximum atomic E-state index is 11.8. The molecule has 12 heteroatoms. The number of aliphatic imine (C=N–C) groups is 1. The SMILES string of the molecule is Cc1ccc(N=C(c2ccc(Cl)cc2)N(C)c2c([N+](=O)[O-])cc([N+](=O)[O-])cc2[N+](=O)[O-])cc1. The van der Waals surface area contributed by atoms with Gasteiger partial charge in [0.25, 0.3) is 5.69 Å². The van der Waals surface area contributed by atoms with Crippen LogP contribution in [0, 0.1) is 37.3 Å². The molecule has 0 atom stereocenters. The predicted molar refractivity (Wildman–Crippen MR) is 124 cm³/mol. The van der Waals surface area contributed by atoms with Crippen LogP contribution in [0.4, 0.5) is 28.4 Å². The summed E-state index contributed by atoms with van der Waals surface area (Å²) in [5.74, 6) is 0.135. The normalized spacial score (nSPS) is 11.2. The van der Waals surface area contributed by atoms with E-state index < -0.39 is 37.5 Å². The van der Waals surface area contributed by atoms with E-state index in [0.29, 0.717) is 28.4 Å². The first-order chi connectivity index (χ1) is 15.6. The zero-order valence-corrected chi connectivity index (χ0v) is 18.1. The lowest BCUT2D eigenvalue weighted by Gasteiger charge is -2.21. The highest BCUT2D eigenvalue weighted by molar-refractivity contribution is 6.30. The van der Waals surface area contributed by atoms with Crippen molar-refractivity contribution < 1.29 is 14.8 Å². The predicted octanol–water partition coefficient (Wildman–Crippen LogP) is 5.59. The molecule has 0 aliphatic rings. The number of hydrogen-bond acceptors (Lipinski definition) is 7. The van der Waals surface area contributed by atoms with Crippen molar-refractivity contribution in [3.8, 4) is 0 Å². The van der Waals surface area contributed by atoms with Crippen molar-refractivity contribution in [2.75, 3.05) is 11.9 Å². The summed E-state index contributed by atoms with van der Waals surface area (Å²) in [6, 6.07) is 14.8. The first-order valence-electron chi connectivity index (χ1n) is 9.34. The molecule has 0 amide bonds. The summed E-state index contributed by atoms with van der Waals surface area (Å²) in [6.45, 7) is 1.89. The lowest BCUT2D eigenvalue weighted by molar-refractivity contribution is -0.402. The second-order valence-electron chi connectivity index (χ2n) is 6.94. The Morgan fingerprint density at radius 1 is 0.848 bits per heavy atom. The summed E-state index contributed by atoms with van der Waals surface area (Å²) in [4.78, 5) is 37.7. The van der Waals surface area contributed by atoms with Gasteiger partial charge in [-0.3, -0.25) is 30.3 Å². The summed E-state index contributed by atoms with van der Waals surface area (Å²) < 4.78 is 0. The van der Waals surface area contributed by atoms with Crippen molar-refractivity contribution in [2.24, 2.45) is 4.99 Å². The van der Waals surface area contributed by atoms with Crippen molar-refractivity contribution in [3.05, 3.63) is 107 Å². The monoisotopic (exact) mass is 469 g/mol. The molecule has 0 N–H and O–H groups in total. The molecule has 0 radical (unpaired) electrons. The van der Waals surface area contributed by atoms with Gasteiger partial charge < -0.3 is 4.90 Å². The molecule has 0 saturated carbocycles. The zero-order chi connectivity index (χ0) is 24.3. The molecule has 0 fully saturated rings. The van der Waals surface area contributed by atoms with Gasteiger partial charge in [0.05, 0.1) is 32.6 Å². The molecule has 0 saturated heterocycles. The lowest BCUT2D eigenvalue weighted by Crippen LogP contribution is -2.28. The summed E-state index contributed by atoms with van der Waals surface area (Å²) in [5.41, 5.74) is -0.885. The van der Waals surface area contributed by atoms with E-state index in [9.17, 15) is 30.3 Å². The Labute approximate surface area is 192 Å². The minimum Gasteiger partial charge on any atom is -0.318 e. The maximum absolute atomic E-state index is 11.8. The number of nitro groups is 3. The molecule has 0 heterocycles. The van der Waals surface area contributed by atoms with Gasteiger partial charge in [-0.2, -0.15) is 0 Å². The van der Waals surface area contributed by atoms with Crippen LogP contribution >= 0.6 is 11.6 Å². The third-order valence-corrected chi connectivity index (χ3v) is 4.94. The summed E-state index contributed by atoms with van der Waals surface area (Å²) in [7, 11) is 1.36. The Hall–Kier alpha value is -4.38. The summed E-state index contributed by atoms with van der Waals surface area (Å²) in [5, 5.41) is 35.1. The van der Waals surface area contributed by atoms with Gasteiger partial charge in [0, 0.05) is 17.6 Å². The van der Waals surface area contributed by atoms with E-state index in [2.05, 4.69) is 4.99 Å². The van der Waals surface area contributed by atoms with Gasteiger partial charge in [0.1, 0.15) is 5.84 Å². The Kier molecular flexibility index (Phi) is 6.64. The fourth-order valence-electron chi connectivity index (χ4n) is 3.10.